The number of aliphatic hydroxyl groups excluding tert-OH is 1. The van der Waals surface area contributed by atoms with Crippen molar-refractivity contribution in [1.82, 2.24) is 15.3 Å². The van der Waals surface area contributed by atoms with Crippen LogP contribution >= 0.6 is 11.3 Å². The highest BCUT2D eigenvalue weighted by Crippen LogP contribution is 2.43. The van der Waals surface area contributed by atoms with Crippen LogP contribution in [0, 0.1) is 0 Å². The first-order valence-corrected chi connectivity index (χ1v) is 11.3. The molecule has 1 unspecified atom stereocenters. The van der Waals surface area contributed by atoms with Crippen LogP contribution in [0.15, 0.2) is 29.2 Å². The first kappa shape index (κ1) is 23.5. The third-order valence-electron chi connectivity index (χ3n) is 5.86. The van der Waals surface area contributed by atoms with Crippen molar-refractivity contribution in [3.8, 4) is 0 Å². The predicted molar refractivity (Wildman–Crippen MR) is 122 cm³/mol. The minimum atomic E-state index is -4.56. The van der Waals surface area contributed by atoms with Crippen LogP contribution in [0.5, 0.6) is 0 Å². The van der Waals surface area contributed by atoms with Crippen LogP contribution in [0.4, 0.5) is 24.7 Å². The number of hydrogen-bond donors (Lipinski definition) is 5. The summed E-state index contributed by atoms with van der Waals surface area (Å²) in [6.45, 7) is 1.35. The fourth-order valence-electron chi connectivity index (χ4n) is 4.07. The van der Waals surface area contributed by atoms with Crippen molar-refractivity contribution in [2.24, 2.45) is 5.73 Å². The van der Waals surface area contributed by atoms with Gasteiger partial charge in [-0.25, -0.2) is 4.98 Å². The quantitative estimate of drug-likeness (QED) is 0.364. The van der Waals surface area contributed by atoms with Gasteiger partial charge in [0, 0.05) is 54.7 Å². The van der Waals surface area contributed by atoms with Gasteiger partial charge in [0.25, 0.3) is 0 Å². The van der Waals surface area contributed by atoms with Crippen molar-refractivity contribution in [2.75, 3.05) is 30.3 Å². The van der Waals surface area contributed by atoms with Gasteiger partial charge in [0.2, 0.25) is 5.56 Å². The summed E-state index contributed by atoms with van der Waals surface area (Å²) in [5.74, 6) is 0.265. The fourth-order valence-corrected chi connectivity index (χ4v) is 5.06. The molecule has 1 saturated heterocycles. The Morgan fingerprint density at radius 2 is 2.06 bits per heavy atom. The molecule has 0 spiro atoms. The SMILES string of the molecule is NCc1sc2nc(N3CCC(NCC(O)c4cc[nH]c(=O)c4)CC3)cc(C(F)(F)F)c2c1N. The highest BCUT2D eigenvalue weighted by molar-refractivity contribution is 7.19. The molecule has 3 aromatic heterocycles. The van der Waals surface area contributed by atoms with Crippen LogP contribution in [-0.2, 0) is 12.7 Å². The number of nitrogen functional groups attached to an aromatic ring is 1. The Kier molecular flexibility index (Phi) is 6.61. The Morgan fingerprint density at radius 1 is 1.33 bits per heavy atom. The molecule has 3 aromatic rings. The number of aromatic nitrogens is 2. The van der Waals surface area contributed by atoms with Crippen LogP contribution in [-0.4, -0.2) is 40.8 Å². The largest absolute Gasteiger partial charge is 0.417 e. The van der Waals surface area contributed by atoms with E-state index in [1.165, 1.54) is 12.3 Å². The molecule has 0 saturated carbocycles. The number of anilines is 2. The maximum absolute atomic E-state index is 13.8. The predicted octanol–water partition coefficient (Wildman–Crippen LogP) is 2.34. The maximum atomic E-state index is 13.8. The van der Waals surface area contributed by atoms with Crippen molar-refractivity contribution in [1.29, 1.82) is 0 Å². The van der Waals surface area contributed by atoms with Crippen LogP contribution in [0.2, 0.25) is 0 Å². The molecule has 1 aliphatic heterocycles. The zero-order valence-corrected chi connectivity index (χ0v) is 18.5. The van der Waals surface area contributed by atoms with Crippen LogP contribution in [0.3, 0.4) is 0 Å². The van der Waals surface area contributed by atoms with Crippen molar-refractivity contribution < 1.29 is 18.3 Å². The molecule has 33 heavy (non-hydrogen) atoms. The molecule has 0 radical (unpaired) electrons. The second kappa shape index (κ2) is 9.29. The average Bonchev–Trinajstić information content (AvgIpc) is 3.12. The maximum Gasteiger partial charge on any atom is 0.417 e. The van der Waals surface area contributed by atoms with E-state index in [4.69, 9.17) is 11.5 Å². The Labute approximate surface area is 191 Å². The summed E-state index contributed by atoms with van der Waals surface area (Å²) in [7, 11) is 0. The van der Waals surface area contributed by atoms with E-state index >= 15 is 0 Å². The lowest BCUT2D eigenvalue weighted by Gasteiger charge is -2.34. The van der Waals surface area contributed by atoms with E-state index in [1.807, 2.05) is 4.90 Å². The van der Waals surface area contributed by atoms with Gasteiger partial charge in [-0.15, -0.1) is 11.3 Å². The van der Waals surface area contributed by atoms with Gasteiger partial charge in [0.1, 0.15) is 10.6 Å². The number of pyridine rings is 2. The number of thiophene rings is 1. The number of nitrogens with one attached hydrogen (secondary N) is 2. The lowest BCUT2D eigenvalue weighted by atomic mass is 10.0. The number of aromatic amines is 1. The van der Waals surface area contributed by atoms with Crippen LogP contribution < -0.4 is 27.2 Å². The number of hydrogen-bond acceptors (Lipinski definition) is 8. The second-order valence-corrected chi connectivity index (χ2v) is 9.10. The standard InChI is InChI=1S/C21H25F3N6O2S/c22-21(23,24)13-8-16(29-20-18(13)19(26)15(9-25)33-20)30-5-2-12(3-6-30)28-10-14(31)11-1-4-27-17(32)7-11/h1,4,7-8,12,14,28,31H,2-3,5-6,9-10,25-26H2,(H,27,32). The molecule has 8 nitrogen and oxygen atoms in total. The molecule has 7 N–H and O–H groups in total. The molecule has 1 fully saturated rings. The smallest absolute Gasteiger partial charge is 0.397 e. The van der Waals surface area contributed by atoms with Gasteiger partial charge in [-0.3, -0.25) is 4.79 Å². The Balaban J connectivity index is 1.45. The Hall–Kier alpha value is -2.67. The summed E-state index contributed by atoms with van der Waals surface area (Å²) in [6, 6.07) is 4.15. The molecule has 0 aromatic carbocycles. The van der Waals surface area contributed by atoms with Crippen LogP contribution in [0.1, 0.15) is 34.9 Å². The number of rotatable bonds is 6. The first-order valence-electron chi connectivity index (χ1n) is 10.5. The van der Waals surface area contributed by atoms with Gasteiger partial charge in [-0.1, -0.05) is 0 Å². The monoisotopic (exact) mass is 482 g/mol. The Morgan fingerprint density at radius 3 is 2.70 bits per heavy atom. The normalized spacial score (nSPS) is 16.5. The van der Waals surface area contributed by atoms with Gasteiger partial charge >= 0.3 is 6.18 Å². The van der Waals surface area contributed by atoms with Crippen LogP contribution in [0.25, 0.3) is 10.2 Å². The molecule has 4 rings (SSSR count). The third-order valence-corrected chi connectivity index (χ3v) is 6.98. The van der Waals surface area contributed by atoms with E-state index in [0.717, 1.165) is 17.4 Å². The molecule has 1 atom stereocenters. The zero-order valence-electron chi connectivity index (χ0n) is 17.7. The summed E-state index contributed by atoms with van der Waals surface area (Å²) < 4.78 is 41.3. The molecule has 0 bridgehead atoms. The topological polar surface area (TPSA) is 133 Å². The minimum absolute atomic E-state index is 0.0470. The number of piperidine rings is 1. The number of aliphatic hydroxyl groups is 1. The van der Waals surface area contributed by atoms with Gasteiger partial charge < -0.3 is 31.8 Å². The molecular formula is C21H25F3N6O2S. The van der Waals surface area contributed by atoms with Crippen molar-refractivity contribution >= 4 is 33.1 Å². The number of halogens is 3. The molecule has 178 valence electrons. The van der Waals surface area contributed by atoms with Gasteiger partial charge in [0.15, 0.2) is 0 Å². The first-order chi connectivity index (χ1) is 15.7. The number of H-pyrrole nitrogens is 1. The van der Waals surface area contributed by atoms with Gasteiger partial charge in [0.05, 0.1) is 17.4 Å². The number of nitrogens with two attached hydrogens (primary N) is 2. The van der Waals surface area contributed by atoms with E-state index < -0.39 is 17.8 Å². The number of nitrogens with zero attached hydrogens (tertiary/aromatic N) is 2. The summed E-state index contributed by atoms with van der Waals surface area (Å²) in [5.41, 5.74) is 11.1. The molecule has 0 aliphatic carbocycles. The second-order valence-electron chi connectivity index (χ2n) is 8.02. The third kappa shape index (κ3) is 4.98. The number of fused-ring (bicyclic) bond motifs is 1. The molecule has 1 aliphatic rings. The summed E-state index contributed by atoms with van der Waals surface area (Å²) in [6.07, 6.45) is -2.57. The minimum Gasteiger partial charge on any atom is -0.397 e. The summed E-state index contributed by atoms with van der Waals surface area (Å²) in [5, 5.41) is 13.5. The lowest BCUT2D eigenvalue weighted by Crippen LogP contribution is -2.44. The summed E-state index contributed by atoms with van der Waals surface area (Å²) in [4.78, 5) is 20.9. The number of alkyl halides is 3. The van der Waals surface area contributed by atoms with Crippen molar-refractivity contribution in [2.45, 2.75) is 37.7 Å². The highest BCUT2D eigenvalue weighted by atomic mass is 32.1. The molecular weight excluding hydrogens is 457 g/mol. The summed E-state index contributed by atoms with van der Waals surface area (Å²) >= 11 is 1.09. The highest BCUT2D eigenvalue weighted by Gasteiger charge is 2.36. The van der Waals surface area contributed by atoms with E-state index in [2.05, 4.69) is 15.3 Å². The van der Waals surface area contributed by atoms with E-state index in [9.17, 15) is 23.1 Å². The molecule has 0 amide bonds. The van der Waals surface area contributed by atoms with E-state index in [-0.39, 0.29) is 46.4 Å². The fraction of sp³-hybridized carbons (Fsp3) is 0.429. The zero-order chi connectivity index (χ0) is 23.8. The van der Waals surface area contributed by atoms with Gasteiger partial charge in [-0.05, 0) is 30.5 Å². The van der Waals surface area contributed by atoms with Crippen molar-refractivity contribution in [3.63, 3.8) is 0 Å². The Bertz CT molecular complexity index is 1190. The molecule has 12 heteroatoms. The van der Waals surface area contributed by atoms with Crippen molar-refractivity contribution in [3.05, 3.63) is 50.8 Å². The van der Waals surface area contributed by atoms with Gasteiger partial charge in [-0.2, -0.15) is 13.2 Å². The van der Waals surface area contributed by atoms with E-state index in [0.29, 0.717) is 36.4 Å². The molecule has 4 heterocycles. The lowest BCUT2D eigenvalue weighted by molar-refractivity contribution is -0.136. The van der Waals surface area contributed by atoms with E-state index in [1.54, 1.807) is 6.07 Å². The average molecular weight is 483 g/mol.